The maximum absolute atomic E-state index is 13.1. The maximum atomic E-state index is 13.1. The van der Waals surface area contributed by atoms with Crippen molar-refractivity contribution < 1.29 is 23.1 Å². The number of benzene rings is 1. The van der Waals surface area contributed by atoms with E-state index in [1.165, 1.54) is 12.1 Å². The molecule has 1 aromatic rings. The summed E-state index contributed by atoms with van der Waals surface area (Å²) in [4.78, 5) is 12.5. The van der Waals surface area contributed by atoms with Gasteiger partial charge in [0.15, 0.2) is 0 Å². The van der Waals surface area contributed by atoms with Gasteiger partial charge in [0.2, 0.25) is 0 Å². The number of carbonyl (C=O) groups is 1. The Balaban J connectivity index is 3.41. The number of nitrogens with zero attached hydrogens (tertiary/aromatic N) is 1. The van der Waals surface area contributed by atoms with Crippen molar-refractivity contribution in [3.8, 4) is 0 Å². The fourth-order valence-electron chi connectivity index (χ4n) is 2.04. The van der Waals surface area contributed by atoms with Crippen LogP contribution in [0.15, 0.2) is 18.2 Å². The molecule has 0 heterocycles. The Bertz CT molecular complexity index is 484. The number of hydrogen-bond donors (Lipinski definition) is 1. The minimum Gasteiger partial charge on any atom is -0.478 e. The Morgan fingerprint density at radius 1 is 1.35 bits per heavy atom. The molecule has 0 bridgehead atoms. The molecule has 3 nitrogen and oxygen atoms in total. The molecule has 0 fully saturated rings. The molecule has 0 amide bonds. The van der Waals surface area contributed by atoms with Gasteiger partial charge < -0.3 is 10.0 Å². The third-order valence-electron chi connectivity index (χ3n) is 2.95. The molecule has 112 valence electrons. The second-order valence-electron chi connectivity index (χ2n) is 4.82. The first-order valence-electron chi connectivity index (χ1n) is 6.39. The van der Waals surface area contributed by atoms with Gasteiger partial charge in [0.05, 0.1) is 11.1 Å². The molecule has 1 N–H and O–H groups in total. The van der Waals surface area contributed by atoms with Crippen molar-refractivity contribution in [2.24, 2.45) is 0 Å². The van der Waals surface area contributed by atoms with Crippen molar-refractivity contribution in [2.45, 2.75) is 39.4 Å². The summed E-state index contributed by atoms with van der Waals surface area (Å²) in [5, 5.41) is 8.84. The lowest BCUT2D eigenvalue weighted by molar-refractivity contribution is -0.137. The lowest BCUT2D eigenvalue weighted by atomic mass is 10.1. The second kappa shape index (κ2) is 6.15. The molecule has 0 radical (unpaired) electrons. The van der Waals surface area contributed by atoms with Gasteiger partial charge in [-0.15, -0.1) is 0 Å². The monoisotopic (exact) mass is 289 g/mol. The van der Waals surface area contributed by atoms with Crippen LogP contribution in [-0.4, -0.2) is 23.7 Å². The normalized spacial score (nSPS) is 11.8. The van der Waals surface area contributed by atoms with Crippen molar-refractivity contribution in [1.82, 2.24) is 0 Å². The molecular weight excluding hydrogens is 271 g/mol. The molecule has 0 aromatic heterocycles. The molecule has 1 aromatic carbocycles. The number of aromatic carboxylic acids is 1. The Kier molecular flexibility index (Phi) is 5.03. The summed E-state index contributed by atoms with van der Waals surface area (Å²) < 4.78 is 39.4. The highest BCUT2D eigenvalue weighted by Gasteiger charge is 2.36. The van der Waals surface area contributed by atoms with E-state index in [4.69, 9.17) is 5.11 Å². The van der Waals surface area contributed by atoms with E-state index in [1.54, 1.807) is 18.7 Å². The highest BCUT2D eigenvalue weighted by Crippen LogP contribution is 2.38. The van der Waals surface area contributed by atoms with Crippen LogP contribution in [0.25, 0.3) is 0 Å². The van der Waals surface area contributed by atoms with Crippen LogP contribution in [0.3, 0.4) is 0 Å². The highest BCUT2D eigenvalue weighted by molar-refractivity contribution is 5.88. The molecule has 0 aliphatic carbocycles. The lowest BCUT2D eigenvalue weighted by Gasteiger charge is -2.31. The number of hydrogen-bond acceptors (Lipinski definition) is 2. The zero-order chi connectivity index (χ0) is 15.5. The molecule has 0 aliphatic heterocycles. The molecule has 0 saturated heterocycles. The zero-order valence-corrected chi connectivity index (χ0v) is 11.7. The largest absolute Gasteiger partial charge is 0.478 e. The summed E-state index contributed by atoms with van der Waals surface area (Å²) >= 11 is 0. The van der Waals surface area contributed by atoms with E-state index in [9.17, 15) is 18.0 Å². The number of rotatable bonds is 5. The van der Waals surface area contributed by atoms with Crippen LogP contribution in [0.1, 0.15) is 43.1 Å². The molecule has 0 atom stereocenters. The van der Waals surface area contributed by atoms with Gasteiger partial charge in [0.25, 0.3) is 0 Å². The van der Waals surface area contributed by atoms with Crippen molar-refractivity contribution in [3.05, 3.63) is 29.3 Å². The highest BCUT2D eigenvalue weighted by atomic mass is 19.4. The third-order valence-corrected chi connectivity index (χ3v) is 2.95. The summed E-state index contributed by atoms with van der Waals surface area (Å²) in [5.74, 6) is -1.37. The van der Waals surface area contributed by atoms with Gasteiger partial charge in [-0.1, -0.05) is 6.92 Å². The summed E-state index contributed by atoms with van der Waals surface area (Å²) in [5.41, 5.74) is -1.24. The molecule has 6 heteroatoms. The quantitative estimate of drug-likeness (QED) is 0.889. The Morgan fingerprint density at radius 2 is 1.95 bits per heavy atom. The first-order valence-corrected chi connectivity index (χ1v) is 6.39. The van der Waals surface area contributed by atoms with Crippen molar-refractivity contribution in [3.63, 3.8) is 0 Å². The van der Waals surface area contributed by atoms with E-state index in [0.717, 1.165) is 0 Å². The molecule has 20 heavy (non-hydrogen) atoms. The summed E-state index contributed by atoms with van der Waals surface area (Å²) in [6.45, 7) is 5.98. The summed E-state index contributed by atoms with van der Waals surface area (Å²) in [6.07, 6.45) is -3.88. The number of anilines is 1. The van der Waals surface area contributed by atoms with Crippen molar-refractivity contribution in [2.75, 3.05) is 11.4 Å². The van der Waals surface area contributed by atoms with Gasteiger partial charge in [-0.3, -0.25) is 0 Å². The Labute approximate surface area is 116 Å². The van der Waals surface area contributed by atoms with Crippen LogP contribution in [0, 0.1) is 0 Å². The predicted molar refractivity (Wildman–Crippen MR) is 71.2 cm³/mol. The number of carboxylic acid groups (broad SMARTS) is 1. The summed E-state index contributed by atoms with van der Waals surface area (Å²) in [6, 6.07) is 3.04. The van der Waals surface area contributed by atoms with E-state index in [-0.39, 0.29) is 17.3 Å². The first kappa shape index (κ1) is 16.3. The SMILES string of the molecule is CCCN(c1ccc(C(=O)O)cc1C(F)(F)F)C(C)C. The van der Waals surface area contributed by atoms with Crippen LogP contribution in [-0.2, 0) is 6.18 Å². The van der Waals surface area contributed by atoms with E-state index < -0.39 is 17.7 Å². The van der Waals surface area contributed by atoms with E-state index in [1.807, 2.05) is 6.92 Å². The van der Waals surface area contributed by atoms with Crippen LogP contribution < -0.4 is 4.90 Å². The van der Waals surface area contributed by atoms with Crippen molar-refractivity contribution in [1.29, 1.82) is 0 Å². The van der Waals surface area contributed by atoms with E-state index >= 15 is 0 Å². The molecular formula is C14H18F3NO2. The Morgan fingerprint density at radius 3 is 2.35 bits per heavy atom. The van der Waals surface area contributed by atoms with Gasteiger partial charge in [0.1, 0.15) is 0 Å². The van der Waals surface area contributed by atoms with Crippen LogP contribution in [0.5, 0.6) is 0 Å². The third kappa shape index (κ3) is 3.65. The maximum Gasteiger partial charge on any atom is 0.418 e. The smallest absolute Gasteiger partial charge is 0.418 e. The fourth-order valence-corrected chi connectivity index (χ4v) is 2.04. The Hall–Kier alpha value is -1.72. The van der Waals surface area contributed by atoms with Gasteiger partial charge in [0, 0.05) is 18.3 Å². The number of alkyl halides is 3. The van der Waals surface area contributed by atoms with Gasteiger partial charge >= 0.3 is 12.1 Å². The zero-order valence-electron chi connectivity index (χ0n) is 11.7. The van der Waals surface area contributed by atoms with Gasteiger partial charge in [-0.2, -0.15) is 13.2 Å². The van der Waals surface area contributed by atoms with Crippen LogP contribution in [0.4, 0.5) is 18.9 Å². The first-order chi connectivity index (χ1) is 9.18. The van der Waals surface area contributed by atoms with Gasteiger partial charge in [-0.25, -0.2) is 4.79 Å². The molecule has 0 saturated carbocycles. The standard InChI is InChI=1S/C14H18F3NO2/c1-4-7-18(9(2)3)12-6-5-10(13(19)20)8-11(12)14(15,16)17/h5-6,8-9H,4,7H2,1-3H3,(H,19,20). The van der Waals surface area contributed by atoms with Crippen molar-refractivity contribution >= 4 is 11.7 Å². The average Bonchev–Trinajstić information content (AvgIpc) is 2.33. The number of halogens is 3. The fraction of sp³-hybridized carbons (Fsp3) is 0.500. The minimum atomic E-state index is -4.58. The topological polar surface area (TPSA) is 40.5 Å². The van der Waals surface area contributed by atoms with Gasteiger partial charge in [-0.05, 0) is 38.5 Å². The van der Waals surface area contributed by atoms with Crippen LogP contribution in [0.2, 0.25) is 0 Å². The molecule has 1 rings (SSSR count). The average molecular weight is 289 g/mol. The number of carboxylic acids is 1. The predicted octanol–water partition coefficient (Wildman–Crippen LogP) is 4.03. The van der Waals surface area contributed by atoms with Crippen LogP contribution >= 0.6 is 0 Å². The van der Waals surface area contributed by atoms with E-state index in [2.05, 4.69) is 0 Å². The van der Waals surface area contributed by atoms with E-state index in [0.29, 0.717) is 19.0 Å². The summed E-state index contributed by atoms with van der Waals surface area (Å²) in [7, 11) is 0. The lowest BCUT2D eigenvalue weighted by Crippen LogP contribution is -2.33. The molecule has 0 unspecified atom stereocenters. The second-order valence-corrected chi connectivity index (χ2v) is 4.82. The molecule has 0 aliphatic rings. The minimum absolute atomic E-state index is 0.0272. The molecule has 0 spiro atoms.